The van der Waals surface area contributed by atoms with Crippen molar-refractivity contribution in [2.24, 2.45) is 0 Å². The number of methoxy groups -OCH3 is 1. The predicted octanol–water partition coefficient (Wildman–Crippen LogP) is -1.14. The lowest BCUT2D eigenvalue weighted by atomic mass is 9.78. The topological polar surface area (TPSA) is 79.7 Å². The summed E-state index contributed by atoms with van der Waals surface area (Å²) < 4.78 is 4.47. The summed E-state index contributed by atoms with van der Waals surface area (Å²) in [7, 11) is -0.385. The number of carbonyl (C=O) groups excluding carboxylic acids is 1. The van der Waals surface area contributed by atoms with Gasteiger partial charge in [0.25, 0.3) is 0 Å². The molecule has 1 aromatic rings. The van der Waals surface area contributed by atoms with E-state index in [1.54, 1.807) is 6.92 Å². The number of aromatic nitrogens is 1. The minimum atomic E-state index is -1.63. The maximum absolute atomic E-state index is 11.1. The van der Waals surface area contributed by atoms with Crippen molar-refractivity contribution >= 4 is 18.6 Å². The number of hydrogen-bond donors (Lipinski definition) is 2. The predicted molar refractivity (Wildman–Crippen MR) is 50.1 cm³/mol. The van der Waals surface area contributed by atoms with E-state index >= 15 is 0 Å². The highest BCUT2D eigenvalue weighted by Crippen LogP contribution is 1.99. The minimum Gasteiger partial charge on any atom is -0.465 e. The summed E-state index contributed by atoms with van der Waals surface area (Å²) in [6, 6.07) is 1.35. The number of pyridine rings is 1. The van der Waals surface area contributed by atoms with Crippen LogP contribution in [-0.2, 0) is 4.74 Å². The maximum Gasteiger partial charge on any atom is 0.490 e. The number of aryl methyl sites for hydroxylation is 1. The van der Waals surface area contributed by atoms with Gasteiger partial charge < -0.3 is 14.8 Å². The Labute approximate surface area is 81.5 Å². The third-order valence-electron chi connectivity index (χ3n) is 1.83. The highest BCUT2D eigenvalue weighted by Gasteiger charge is 2.17. The van der Waals surface area contributed by atoms with Gasteiger partial charge >= 0.3 is 13.1 Å². The van der Waals surface area contributed by atoms with E-state index in [1.807, 2.05) is 0 Å². The van der Waals surface area contributed by atoms with Gasteiger partial charge in [-0.2, -0.15) is 0 Å². The Morgan fingerprint density at radius 2 is 2.21 bits per heavy atom. The van der Waals surface area contributed by atoms with Crippen LogP contribution in [0.4, 0.5) is 0 Å². The summed E-state index contributed by atoms with van der Waals surface area (Å²) >= 11 is 0. The van der Waals surface area contributed by atoms with Crippen molar-refractivity contribution < 1.29 is 19.6 Å². The van der Waals surface area contributed by atoms with Gasteiger partial charge in [-0.15, -0.1) is 0 Å². The third-order valence-corrected chi connectivity index (χ3v) is 1.83. The second-order valence-corrected chi connectivity index (χ2v) is 2.76. The smallest absolute Gasteiger partial charge is 0.465 e. The van der Waals surface area contributed by atoms with E-state index in [-0.39, 0.29) is 11.0 Å². The highest BCUT2D eigenvalue weighted by molar-refractivity contribution is 6.59. The molecule has 0 aliphatic rings. The Morgan fingerprint density at radius 3 is 2.71 bits per heavy atom. The summed E-state index contributed by atoms with van der Waals surface area (Å²) in [4.78, 5) is 14.9. The summed E-state index contributed by atoms with van der Waals surface area (Å²) in [5.74, 6) is -0.556. The van der Waals surface area contributed by atoms with Crippen LogP contribution in [0.1, 0.15) is 16.1 Å². The van der Waals surface area contributed by atoms with E-state index in [4.69, 9.17) is 10.0 Å². The molecule has 0 unspecified atom stereocenters. The van der Waals surface area contributed by atoms with Crippen molar-refractivity contribution in [3.63, 3.8) is 0 Å². The monoisotopic (exact) mass is 195 g/mol. The average molecular weight is 195 g/mol. The number of rotatable bonds is 2. The molecule has 5 nitrogen and oxygen atoms in total. The molecule has 74 valence electrons. The van der Waals surface area contributed by atoms with E-state index in [0.29, 0.717) is 5.69 Å². The quantitative estimate of drug-likeness (QED) is 0.460. The van der Waals surface area contributed by atoms with E-state index in [9.17, 15) is 4.79 Å². The molecule has 2 N–H and O–H groups in total. The second kappa shape index (κ2) is 4.21. The van der Waals surface area contributed by atoms with E-state index in [0.717, 1.165) is 0 Å². The van der Waals surface area contributed by atoms with Crippen molar-refractivity contribution in [3.05, 3.63) is 23.5 Å². The number of esters is 1. The molecule has 0 saturated carbocycles. The van der Waals surface area contributed by atoms with Gasteiger partial charge in [-0.05, 0) is 13.0 Å². The Kier molecular flexibility index (Phi) is 3.21. The first-order valence-corrected chi connectivity index (χ1v) is 3.97. The molecule has 0 aliphatic heterocycles. The van der Waals surface area contributed by atoms with Crippen molar-refractivity contribution in [2.75, 3.05) is 7.11 Å². The van der Waals surface area contributed by atoms with Crippen LogP contribution >= 0.6 is 0 Å². The molecule has 1 rings (SSSR count). The van der Waals surface area contributed by atoms with Crippen LogP contribution in [0.15, 0.2) is 12.3 Å². The fourth-order valence-electron chi connectivity index (χ4n) is 1.04. The van der Waals surface area contributed by atoms with Gasteiger partial charge in [-0.25, -0.2) is 4.79 Å². The normalized spacial score (nSPS) is 9.71. The standard InChI is InChI=1S/C8H10BNO4/c1-5-7(9(12)13)3-6(4-10-5)8(11)14-2/h3-4,12-13H,1-2H3. The Hall–Kier alpha value is -1.40. The maximum atomic E-state index is 11.1. The molecule has 0 amide bonds. The van der Waals surface area contributed by atoms with Gasteiger partial charge in [0.05, 0.1) is 12.7 Å². The fourth-order valence-corrected chi connectivity index (χ4v) is 1.04. The SMILES string of the molecule is COC(=O)c1cnc(C)c(B(O)O)c1. The van der Waals surface area contributed by atoms with Gasteiger partial charge in [-0.1, -0.05) is 0 Å². The van der Waals surface area contributed by atoms with Gasteiger partial charge in [0.1, 0.15) is 0 Å². The Bertz CT molecular complexity index is 353. The first kappa shape index (κ1) is 10.7. The molecular formula is C8H10BNO4. The highest BCUT2D eigenvalue weighted by atomic mass is 16.5. The van der Waals surface area contributed by atoms with Gasteiger partial charge in [-0.3, -0.25) is 4.98 Å². The van der Waals surface area contributed by atoms with Gasteiger partial charge in [0, 0.05) is 17.4 Å². The molecular weight excluding hydrogens is 185 g/mol. The van der Waals surface area contributed by atoms with Crippen molar-refractivity contribution in [1.82, 2.24) is 4.98 Å². The zero-order chi connectivity index (χ0) is 10.7. The molecule has 14 heavy (non-hydrogen) atoms. The molecule has 0 saturated heterocycles. The molecule has 0 bridgehead atoms. The lowest BCUT2D eigenvalue weighted by Crippen LogP contribution is -2.33. The van der Waals surface area contributed by atoms with E-state index in [1.165, 1.54) is 19.4 Å². The fraction of sp³-hybridized carbons (Fsp3) is 0.250. The van der Waals surface area contributed by atoms with Gasteiger partial charge in [0.15, 0.2) is 0 Å². The molecule has 1 aromatic heterocycles. The third kappa shape index (κ3) is 2.10. The lowest BCUT2D eigenvalue weighted by Gasteiger charge is -2.05. The van der Waals surface area contributed by atoms with Crippen LogP contribution in [0.3, 0.4) is 0 Å². The number of nitrogens with zero attached hydrogens (tertiary/aromatic N) is 1. The minimum absolute atomic E-state index is 0.196. The summed E-state index contributed by atoms with van der Waals surface area (Å²) in [5, 5.41) is 17.9. The van der Waals surface area contributed by atoms with Crippen LogP contribution in [0.5, 0.6) is 0 Å². The van der Waals surface area contributed by atoms with Crippen LogP contribution < -0.4 is 5.46 Å². The molecule has 0 aliphatic carbocycles. The first-order valence-electron chi connectivity index (χ1n) is 3.97. The van der Waals surface area contributed by atoms with Crippen LogP contribution in [0.25, 0.3) is 0 Å². The largest absolute Gasteiger partial charge is 0.490 e. The Balaban J connectivity index is 3.13. The van der Waals surface area contributed by atoms with E-state index < -0.39 is 13.1 Å². The van der Waals surface area contributed by atoms with Gasteiger partial charge in [0.2, 0.25) is 0 Å². The second-order valence-electron chi connectivity index (χ2n) is 2.76. The summed E-state index contributed by atoms with van der Waals surface area (Å²) in [6.07, 6.45) is 1.33. The molecule has 0 radical (unpaired) electrons. The Morgan fingerprint density at radius 1 is 1.57 bits per heavy atom. The number of hydrogen-bond acceptors (Lipinski definition) is 5. The summed E-state index contributed by atoms with van der Waals surface area (Å²) in [6.45, 7) is 1.62. The van der Waals surface area contributed by atoms with E-state index in [2.05, 4.69) is 9.72 Å². The molecule has 0 spiro atoms. The average Bonchev–Trinajstić information content (AvgIpc) is 2.17. The zero-order valence-electron chi connectivity index (χ0n) is 7.89. The molecule has 0 atom stereocenters. The molecule has 1 heterocycles. The summed E-state index contributed by atoms with van der Waals surface area (Å²) in [5.41, 5.74) is 0.863. The van der Waals surface area contributed by atoms with Crippen molar-refractivity contribution in [2.45, 2.75) is 6.92 Å². The van der Waals surface area contributed by atoms with Crippen LogP contribution in [0, 0.1) is 6.92 Å². The van der Waals surface area contributed by atoms with Crippen LogP contribution in [0.2, 0.25) is 0 Å². The van der Waals surface area contributed by atoms with Crippen LogP contribution in [-0.4, -0.2) is 35.2 Å². The molecule has 0 aromatic carbocycles. The van der Waals surface area contributed by atoms with Crippen molar-refractivity contribution in [1.29, 1.82) is 0 Å². The first-order chi connectivity index (χ1) is 6.56. The zero-order valence-corrected chi connectivity index (χ0v) is 7.89. The molecule has 6 heteroatoms. The number of ether oxygens (including phenoxy) is 1. The number of carbonyl (C=O) groups is 1. The lowest BCUT2D eigenvalue weighted by molar-refractivity contribution is 0.0600. The molecule has 0 fully saturated rings. The van der Waals surface area contributed by atoms with Crippen molar-refractivity contribution in [3.8, 4) is 0 Å².